The summed E-state index contributed by atoms with van der Waals surface area (Å²) in [4.78, 5) is 1.49. The van der Waals surface area contributed by atoms with Gasteiger partial charge in [-0.2, -0.15) is 31.6 Å². The van der Waals surface area contributed by atoms with Gasteiger partial charge in [0.05, 0.1) is 22.9 Å². The molecule has 0 bridgehead atoms. The van der Waals surface area contributed by atoms with Gasteiger partial charge in [0, 0.05) is 40.0 Å². The average molecular weight is 460 g/mol. The van der Waals surface area contributed by atoms with Gasteiger partial charge < -0.3 is 4.90 Å². The minimum absolute atomic E-state index is 0.188. The minimum atomic E-state index is -5.56. The zero-order valence-electron chi connectivity index (χ0n) is 18.0. The molecule has 170 valence electrons. The molecule has 1 aromatic carbocycles. The van der Waals surface area contributed by atoms with Crippen LogP contribution in [-0.2, 0) is 0 Å². The highest BCUT2D eigenvalue weighted by Crippen LogP contribution is 2.66. The lowest BCUT2D eigenvalue weighted by molar-refractivity contribution is -0.254. The molecule has 1 aromatic rings. The number of nitrogens with zero attached hydrogens (tertiary/aromatic N) is 2. The van der Waals surface area contributed by atoms with Crippen LogP contribution in [0.15, 0.2) is 41.6 Å². The van der Waals surface area contributed by atoms with E-state index in [2.05, 4.69) is 6.07 Å². The second-order valence-electron chi connectivity index (χ2n) is 9.94. The summed E-state index contributed by atoms with van der Waals surface area (Å²) in [6, 6.07) is 4.74. The normalized spacial score (nSPS) is 30.5. The maximum absolute atomic E-state index is 15.0. The highest BCUT2D eigenvalue weighted by molar-refractivity contribution is 5.96. The molecule has 2 aliphatic heterocycles. The van der Waals surface area contributed by atoms with Gasteiger partial charge in [-0.3, -0.25) is 0 Å². The zero-order valence-corrected chi connectivity index (χ0v) is 18.0. The summed E-state index contributed by atoms with van der Waals surface area (Å²) in [7, 11) is 0. The molecule has 6 rings (SSSR count). The fourth-order valence-electron chi connectivity index (χ4n) is 6.08. The minimum Gasteiger partial charge on any atom is -0.336 e. The summed E-state index contributed by atoms with van der Waals surface area (Å²) in [5.41, 5.74) is -1.50. The molecular formula is C25H18F6N2. The van der Waals surface area contributed by atoms with Crippen molar-refractivity contribution in [3.63, 3.8) is 0 Å². The molecule has 0 aromatic heterocycles. The number of alkyl halides is 6. The van der Waals surface area contributed by atoms with Crippen molar-refractivity contribution in [1.29, 1.82) is 5.26 Å². The van der Waals surface area contributed by atoms with E-state index < -0.39 is 39.9 Å². The van der Waals surface area contributed by atoms with Gasteiger partial charge in [0.25, 0.3) is 0 Å². The number of hydrogen-bond acceptors (Lipinski definition) is 2. The number of anilines is 1. The molecule has 1 atom stereocenters. The van der Waals surface area contributed by atoms with E-state index in [1.54, 1.807) is 0 Å². The molecule has 0 spiro atoms. The van der Waals surface area contributed by atoms with Crippen molar-refractivity contribution in [3.05, 3.63) is 57.6 Å². The lowest BCUT2D eigenvalue weighted by Gasteiger charge is -2.57. The Morgan fingerprint density at radius 3 is 2.12 bits per heavy atom. The van der Waals surface area contributed by atoms with Gasteiger partial charge in [0.15, 0.2) is 0 Å². The smallest absolute Gasteiger partial charge is 0.336 e. The molecule has 33 heavy (non-hydrogen) atoms. The topological polar surface area (TPSA) is 27.0 Å². The fraction of sp³-hybridized carbons (Fsp3) is 0.400. The summed E-state index contributed by atoms with van der Waals surface area (Å²) in [6.45, 7) is 5.70. The van der Waals surface area contributed by atoms with Crippen molar-refractivity contribution < 1.29 is 26.3 Å². The summed E-state index contributed by atoms with van der Waals surface area (Å²) in [5.74, 6) is -15.7. The first-order valence-electron chi connectivity index (χ1n) is 10.6. The Kier molecular flexibility index (Phi) is 3.38. The molecule has 0 saturated heterocycles. The van der Waals surface area contributed by atoms with Crippen LogP contribution in [0.4, 0.5) is 32.0 Å². The van der Waals surface area contributed by atoms with Crippen LogP contribution in [0.3, 0.4) is 0 Å². The lowest BCUT2D eigenvalue weighted by Crippen LogP contribution is -2.61. The molecule has 1 unspecified atom stereocenters. The average Bonchev–Trinajstić information content (AvgIpc) is 3.58. The van der Waals surface area contributed by atoms with Gasteiger partial charge >= 0.3 is 17.8 Å². The first-order valence-corrected chi connectivity index (χ1v) is 10.6. The van der Waals surface area contributed by atoms with Crippen LogP contribution in [0.5, 0.6) is 0 Å². The van der Waals surface area contributed by atoms with Crippen molar-refractivity contribution in [2.45, 2.75) is 56.9 Å². The molecular weight excluding hydrogens is 442 g/mol. The van der Waals surface area contributed by atoms with Crippen LogP contribution in [0.2, 0.25) is 0 Å². The Morgan fingerprint density at radius 1 is 0.879 bits per heavy atom. The van der Waals surface area contributed by atoms with Crippen molar-refractivity contribution in [2.24, 2.45) is 5.41 Å². The van der Waals surface area contributed by atoms with E-state index in [9.17, 15) is 31.6 Å². The zero-order chi connectivity index (χ0) is 23.9. The first kappa shape index (κ1) is 20.6. The van der Waals surface area contributed by atoms with Crippen LogP contribution in [0, 0.1) is 16.7 Å². The number of allylic oxidation sites excluding steroid dienone is 3. The quantitative estimate of drug-likeness (QED) is 0.433. The van der Waals surface area contributed by atoms with E-state index in [1.165, 1.54) is 17.0 Å². The third-order valence-corrected chi connectivity index (χ3v) is 8.30. The van der Waals surface area contributed by atoms with Gasteiger partial charge in [-0.1, -0.05) is 38.1 Å². The van der Waals surface area contributed by atoms with Crippen molar-refractivity contribution in [3.8, 4) is 6.07 Å². The second-order valence-corrected chi connectivity index (χ2v) is 9.94. The van der Waals surface area contributed by atoms with Crippen LogP contribution in [0.1, 0.15) is 39.2 Å². The van der Waals surface area contributed by atoms with E-state index >= 15 is 0 Å². The van der Waals surface area contributed by atoms with E-state index in [0.29, 0.717) is 29.2 Å². The Bertz CT molecular complexity index is 1450. The molecule has 5 aliphatic rings. The van der Waals surface area contributed by atoms with E-state index in [0.717, 1.165) is 17.3 Å². The summed E-state index contributed by atoms with van der Waals surface area (Å²) < 4.78 is 88.6. The Labute approximate surface area is 185 Å². The summed E-state index contributed by atoms with van der Waals surface area (Å²) in [5, 5.41) is 9.83. The number of rotatable bonds is 1. The number of nitriles is 1. The van der Waals surface area contributed by atoms with Crippen LogP contribution >= 0.6 is 0 Å². The van der Waals surface area contributed by atoms with Crippen LogP contribution in [-0.4, -0.2) is 23.3 Å². The standard InChI is InChI=1S/C25H18F6N2/c1-21(2)16-9-4-12(10-32)14-7-8-15-19-17(23(26,27)25(30,31)24(19,28)29)11-33(20(15)18(14)16)22(21,3)13-5-6-13/h5,7-9,11H,4,6H2,1-3H3. The molecule has 0 N–H and O–H groups in total. The SMILES string of the molecule is CC1(C)C2=CCC(C#N)=c3ccc4c(c32)N(C=C2C=4C(F)(F)C(F)(F)C2(F)F)C1(C)C1=CC1. The molecule has 2 heterocycles. The van der Waals surface area contributed by atoms with Crippen LogP contribution < -0.4 is 15.3 Å². The number of fused-ring (bicyclic) bond motifs is 1. The van der Waals surface area contributed by atoms with Gasteiger partial charge in [0.1, 0.15) is 0 Å². The van der Waals surface area contributed by atoms with Crippen molar-refractivity contribution in [1.82, 2.24) is 0 Å². The van der Waals surface area contributed by atoms with Gasteiger partial charge in [-0.15, -0.1) is 0 Å². The highest BCUT2D eigenvalue weighted by Gasteiger charge is 2.82. The van der Waals surface area contributed by atoms with Crippen molar-refractivity contribution >= 4 is 22.4 Å². The summed E-state index contributed by atoms with van der Waals surface area (Å²) >= 11 is 0. The monoisotopic (exact) mass is 460 g/mol. The molecule has 1 saturated carbocycles. The second kappa shape index (κ2) is 5.40. The number of halogens is 6. The number of hydrogen-bond donors (Lipinski definition) is 0. The third kappa shape index (κ3) is 1.93. The third-order valence-electron chi connectivity index (χ3n) is 8.30. The molecule has 0 radical (unpaired) electrons. The van der Waals surface area contributed by atoms with Crippen molar-refractivity contribution in [2.75, 3.05) is 4.90 Å². The molecule has 0 amide bonds. The fourth-order valence-corrected chi connectivity index (χ4v) is 6.08. The van der Waals surface area contributed by atoms with E-state index in [4.69, 9.17) is 0 Å². The Hall–Kier alpha value is -2.95. The predicted octanol–water partition coefficient (Wildman–Crippen LogP) is 5.05. The molecule has 3 aliphatic carbocycles. The Balaban J connectivity index is 1.87. The maximum Gasteiger partial charge on any atom is 0.380 e. The van der Waals surface area contributed by atoms with Gasteiger partial charge in [-0.25, -0.2) is 0 Å². The summed E-state index contributed by atoms with van der Waals surface area (Å²) in [6.07, 6.45) is 5.58. The van der Waals surface area contributed by atoms with Gasteiger partial charge in [0.2, 0.25) is 0 Å². The van der Waals surface area contributed by atoms with E-state index in [1.807, 2.05) is 32.9 Å². The lowest BCUT2D eigenvalue weighted by atomic mass is 9.59. The number of benzene rings is 1. The Morgan fingerprint density at radius 2 is 1.52 bits per heavy atom. The molecule has 1 fully saturated rings. The van der Waals surface area contributed by atoms with E-state index in [-0.39, 0.29) is 10.9 Å². The predicted molar refractivity (Wildman–Crippen MR) is 111 cm³/mol. The first-order chi connectivity index (χ1) is 15.2. The maximum atomic E-state index is 15.0. The largest absolute Gasteiger partial charge is 0.380 e. The van der Waals surface area contributed by atoms with Crippen LogP contribution in [0.25, 0.3) is 16.7 Å². The van der Waals surface area contributed by atoms with Gasteiger partial charge in [-0.05, 0) is 29.7 Å². The highest BCUT2D eigenvalue weighted by atomic mass is 19.3. The molecule has 8 heteroatoms. The molecule has 2 nitrogen and oxygen atoms in total.